The molecule has 1 aromatic carbocycles. The van der Waals surface area contributed by atoms with Gasteiger partial charge in [-0.1, -0.05) is 33.8 Å². The molecule has 3 rings (SSSR count). The average molecular weight is 453 g/mol. The molecule has 178 valence electrons. The van der Waals surface area contributed by atoms with E-state index in [4.69, 9.17) is 9.52 Å². The lowest BCUT2D eigenvalue weighted by molar-refractivity contribution is 0.0937. The van der Waals surface area contributed by atoms with Crippen molar-refractivity contribution in [2.75, 3.05) is 19.6 Å². The van der Waals surface area contributed by atoms with E-state index in [0.29, 0.717) is 23.0 Å². The third-order valence-electron chi connectivity index (χ3n) is 5.81. The first-order chi connectivity index (χ1) is 15.8. The van der Waals surface area contributed by atoms with E-state index in [2.05, 4.69) is 55.0 Å². The molecule has 1 atom stereocenters. The molecule has 8 nitrogen and oxygen atoms in total. The molecule has 8 heteroatoms. The van der Waals surface area contributed by atoms with Gasteiger partial charge in [0.15, 0.2) is 0 Å². The Labute approximate surface area is 196 Å². The maximum absolute atomic E-state index is 12.9. The Morgan fingerprint density at radius 3 is 2.55 bits per heavy atom. The first kappa shape index (κ1) is 24.6. The second-order valence-electron chi connectivity index (χ2n) is 8.74. The van der Waals surface area contributed by atoms with Crippen molar-refractivity contribution >= 4 is 5.91 Å². The maximum atomic E-state index is 12.9. The van der Waals surface area contributed by atoms with E-state index in [1.165, 1.54) is 0 Å². The molecule has 33 heavy (non-hydrogen) atoms. The van der Waals surface area contributed by atoms with Crippen molar-refractivity contribution in [1.29, 1.82) is 0 Å². The van der Waals surface area contributed by atoms with Gasteiger partial charge in [0, 0.05) is 24.2 Å². The molecule has 1 N–H and O–H groups in total. The van der Waals surface area contributed by atoms with Crippen LogP contribution in [0.1, 0.15) is 75.3 Å². The summed E-state index contributed by atoms with van der Waals surface area (Å²) in [5.41, 5.74) is 3.06. The highest BCUT2D eigenvalue weighted by atomic mass is 16.4. The van der Waals surface area contributed by atoms with Crippen LogP contribution >= 0.6 is 0 Å². The summed E-state index contributed by atoms with van der Waals surface area (Å²) in [6, 6.07) is 9.62. The number of carbonyl (C=O) groups excluding carboxylic acids is 1. The van der Waals surface area contributed by atoms with Gasteiger partial charge in [-0.2, -0.15) is 5.10 Å². The van der Waals surface area contributed by atoms with E-state index < -0.39 is 0 Å². The molecule has 0 saturated heterocycles. The number of aromatic nitrogens is 4. The number of carbonyl (C=O) groups is 1. The largest absolute Gasteiger partial charge is 0.420 e. The Morgan fingerprint density at radius 2 is 1.91 bits per heavy atom. The average Bonchev–Trinajstić information content (AvgIpc) is 3.43. The highest BCUT2D eigenvalue weighted by Crippen LogP contribution is 2.26. The fourth-order valence-electron chi connectivity index (χ4n) is 3.84. The Kier molecular flexibility index (Phi) is 8.38. The van der Waals surface area contributed by atoms with Gasteiger partial charge in [0.2, 0.25) is 5.89 Å². The zero-order chi connectivity index (χ0) is 24.0. The van der Waals surface area contributed by atoms with Gasteiger partial charge in [0.1, 0.15) is 5.69 Å². The van der Waals surface area contributed by atoms with Crippen LogP contribution in [-0.2, 0) is 0 Å². The number of benzene rings is 1. The van der Waals surface area contributed by atoms with Gasteiger partial charge in [0.25, 0.3) is 11.8 Å². The Balaban J connectivity index is 1.74. The van der Waals surface area contributed by atoms with Crippen LogP contribution in [0.15, 0.2) is 34.7 Å². The van der Waals surface area contributed by atoms with Crippen molar-refractivity contribution in [3.8, 4) is 17.3 Å². The molecule has 0 spiro atoms. The van der Waals surface area contributed by atoms with Crippen molar-refractivity contribution in [1.82, 2.24) is 30.2 Å². The first-order valence-electron chi connectivity index (χ1n) is 11.9. The highest BCUT2D eigenvalue weighted by molar-refractivity contribution is 5.94. The third-order valence-corrected chi connectivity index (χ3v) is 5.81. The lowest BCUT2D eigenvalue weighted by Gasteiger charge is -2.20. The quantitative estimate of drug-likeness (QED) is 0.458. The fraction of sp³-hybridized carbons (Fsp3) is 0.520. The third kappa shape index (κ3) is 6.28. The van der Waals surface area contributed by atoms with Crippen molar-refractivity contribution in [3.63, 3.8) is 0 Å². The van der Waals surface area contributed by atoms with Gasteiger partial charge < -0.3 is 14.6 Å². The topological polar surface area (TPSA) is 89.1 Å². The van der Waals surface area contributed by atoms with Gasteiger partial charge in [-0.15, -0.1) is 10.2 Å². The summed E-state index contributed by atoms with van der Waals surface area (Å²) in [6.07, 6.45) is 2.01. The molecule has 0 unspecified atom stereocenters. The van der Waals surface area contributed by atoms with Gasteiger partial charge in [-0.3, -0.25) is 4.79 Å². The number of hydrogen-bond acceptors (Lipinski definition) is 6. The number of nitrogens with one attached hydrogen (secondary N) is 1. The molecular weight excluding hydrogens is 416 g/mol. The number of amides is 1. The summed E-state index contributed by atoms with van der Waals surface area (Å²) < 4.78 is 7.41. The van der Waals surface area contributed by atoms with Crippen LogP contribution in [0.25, 0.3) is 17.3 Å². The van der Waals surface area contributed by atoms with E-state index in [-0.39, 0.29) is 17.9 Å². The predicted molar refractivity (Wildman–Crippen MR) is 130 cm³/mol. The molecule has 0 aliphatic carbocycles. The van der Waals surface area contributed by atoms with Crippen molar-refractivity contribution < 1.29 is 9.21 Å². The molecule has 0 saturated carbocycles. The molecule has 0 bridgehead atoms. The molecular formula is C25H36N6O2. The van der Waals surface area contributed by atoms with Crippen molar-refractivity contribution in [3.05, 3.63) is 47.5 Å². The van der Waals surface area contributed by atoms with Crippen molar-refractivity contribution in [2.45, 2.75) is 66.3 Å². The Morgan fingerprint density at radius 1 is 1.15 bits per heavy atom. The number of rotatable bonds is 11. The molecule has 0 radical (unpaired) electrons. The summed E-state index contributed by atoms with van der Waals surface area (Å²) in [5.74, 6) is 1.04. The lowest BCUT2D eigenvalue weighted by atomic mass is 10.1. The second kappa shape index (κ2) is 11.2. The Bertz CT molecular complexity index is 1050. The molecule has 3 aromatic rings. The molecule has 0 aliphatic heterocycles. The van der Waals surface area contributed by atoms with E-state index in [9.17, 15) is 4.79 Å². The lowest BCUT2D eigenvalue weighted by Crippen LogP contribution is -2.33. The van der Waals surface area contributed by atoms with Gasteiger partial charge >= 0.3 is 0 Å². The van der Waals surface area contributed by atoms with Crippen molar-refractivity contribution in [2.24, 2.45) is 0 Å². The van der Waals surface area contributed by atoms with E-state index >= 15 is 0 Å². The van der Waals surface area contributed by atoms with Crippen LogP contribution < -0.4 is 5.32 Å². The molecule has 2 heterocycles. The maximum Gasteiger partial charge on any atom is 0.268 e. The fourth-order valence-corrected chi connectivity index (χ4v) is 3.84. The number of hydrogen-bond donors (Lipinski definition) is 1. The van der Waals surface area contributed by atoms with Crippen LogP contribution in [0.4, 0.5) is 0 Å². The summed E-state index contributed by atoms with van der Waals surface area (Å²) in [5, 5.41) is 15.8. The SMILES string of the molecule is CCN(CC)CCC[C@H](C)NC(=O)c1cccc(-n2nc(-c3nnc(C)o3)cc2C(C)C)c1. The molecule has 2 aromatic heterocycles. The molecule has 0 aliphatic rings. The van der Waals surface area contributed by atoms with Crippen LogP contribution in [-0.4, -0.2) is 56.5 Å². The first-order valence-corrected chi connectivity index (χ1v) is 11.9. The highest BCUT2D eigenvalue weighted by Gasteiger charge is 2.18. The Hall–Kier alpha value is -3.00. The molecule has 1 amide bonds. The summed E-state index contributed by atoms with van der Waals surface area (Å²) >= 11 is 0. The number of aryl methyl sites for hydroxylation is 1. The smallest absolute Gasteiger partial charge is 0.268 e. The van der Waals surface area contributed by atoms with Crippen LogP contribution in [0, 0.1) is 6.92 Å². The summed E-state index contributed by atoms with van der Waals surface area (Å²) in [7, 11) is 0. The summed E-state index contributed by atoms with van der Waals surface area (Å²) in [6.45, 7) is 15.6. The van der Waals surface area contributed by atoms with E-state index in [1.807, 2.05) is 35.0 Å². The molecule has 0 fully saturated rings. The van der Waals surface area contributed by atoms with Gasteiger partial charge in [0.05, 0.1) is 5.69 Å². The normalized spacial score (nSPS) is 12.5. The monoisotopic (exact) mass is 452 g/mol. The minimum absolute atomic E-state index is 0.0711. The zero-order valence-electron chi connectivity index (χ0n) is 20.6. The minimum Gasteiger partial charge on any atom is -0.420 e. The van der Waals surface area contributed by atoms with Crippen LogP contribution in [0.3, 0.4) is 0 Å². The van der Waals surface area contributed by atoms with E-state index in [0.717, 1.165) is 43.9 Å². The predicted octanol–water partition coefficient (Wildman–Crippen LogP) is 4.59. The van der Waals surface area contributed by atoms with E-state index in [1.54, 1.807) is 6.92 Å². The zero-order valence-corrected chi connectivity index (χ0v) is 20.6. The van der Waals surface area contributed by atoms with Crippen LogP contribution in [0.5, 0.6) is 0 Å². The van der Waals surface area contributed by atoms with Crippen LogP contribution in [0.2, 0.25) is 0 Å². The number of nitrogens with zero attached hydrogens (tertiary/aromatic N) is 5. The van der Waals surface area contributed by atoms with Gasteiger partial charge in [-0.25, -0.2) is 4.68 Å². The second-order valence-corrected chi connectivity index (χ2v) is 8.74. The minimum atomic E-state index is -0.0711. The van der Waals surface area contributed by atoms with Gasteiger partial charge in [-0.05, 0) is 69.6 Å². The summed E-state index contributed by atoms with van der Waals surface area (Å²) in [4.78, 5) is 15.3. The standard InChI is InChI=1S/C25H36N6O2/c1-7-30(8-2)14-10-11-18(5)26-24(32)20-12-9-13-21(15-20)31-23(17(3)4)16-22(29-31)25-28-27-19(6)33-25/h9,12-13,15-18H,7-8,10-11,14H2,1-6H3,(H,26,32)/t18-/m0/s1.